The van der Waals surface area contributed by atoms with E-state index >= 15 is 0 Å². The molecule has 5 aromatic rings. The maximum atomic E-state index is 13.7. The molecule has 9 nitrogen and oxygen atoms in total. The van der Waals surface area contributed by atoms with Crippen molar-refractivity contribution in [2.45, 2.75) is 39.9 Å². The van der Waals surface area contributed by atoms with Crippen LogP contribution in [0.4, 0.5) is 0 Å². The Bertz CT molecular complexity index is 1780. The van der Waals surface area contributed by atoms with Crippen molar-refractivity contribution < 1.29 is 9.53 Å². The molecule has 0 aliphatic rings. The van der Waals surface area contributed by atoms with Crippen molar-refractivity contribution in [1.82, 2.24) is 24.1 Å². The fraction of sp³-hybridized carbons (Fsp3) is 0.241. The minimum atomic E-state index is -0.410. The van der Waals surface area contributed by atoms with Crippen molar-refractivity contribution in [1.29, 1.82) is 0 Å². The van der Waals surface area contributed by atoms with Gasteiger partial charge in [-0.2, -0.15) is 0 Å². The molecule has 9 heteroatoms. The summed E-state index contributed by atoms with van der Waals surface area (Å²) in [5, 5.41) is 7.78. The number of aromatic nitrogens is 4. The van der Waals surface area contributed by atoms with Gasteiger partial charge in [-0.1, -0.05) is 42.0 Å². The zero-order chi connectivity index (χ0) is 27.0. The second-order valence-electron chi connectivity index (χ2n) is 9.66. The van der Waals surface area contributed by atoms with Crippen LogP contribution < -0.4 is 21.3 Å². The van der Waals surface area contributed by atoms with Crippen LogP contribution in [0.25, 0.3) is 16.7 Å². The van der Waals surface area contributed by atoms with E-state index in [2.05, 4.69) is 10.4 Å². The van der Waals surface area contributed by atoms with E-state index in [0.29, 0.717) is 22.2 Å². The number of fused-ring (bicyclic) bond motifs is 3. The van der Waals surface area contributed by atoms with Crippen LogP contribution in [-0.4, -0.2) is 37.8 Å². The maximum Gasteiger partial charge on any atom is 0.352 e. The average molecular weight is 512 g/mol. The molecule has 1 N–H and O–H groups in total. The molecule has 5 rings (SSSR count). The van der Waals surface area contributed by atoms with Gasteiger partial charge in [0.1, 0.15) is 5.75 Å². The van der Waals surface area contributed by atoms with Crippen LogP contribution in [0.5, 0.6) is 5.75 Å². The second kappa shape index (κ2) is 10.0. The summed E-state index contributed by atoms with van der Waals surface area (Å²) in [4.78, 5) is 40.2. The minimum Gasteiger partial charge on any atom is -0.497 e. The molecule has 2 aromatic heterocycles. The molecule has 0 saturated heterocycles. The summed E-state index contributed by atoms with van der Waals surface area (Å²) in [5.74, 6) is 0.593. The molecule has 0 aliphatic heterocycles. The number of carbonyl (C=O) groups is 1. The SMILES string of the molecule is COc1cccc(Cn2nc3n(Cc4ccc(C)cc4)c(=O)c4ccc(C(=O)NC(C)C)cc4n3c2=O)c1. The highest BCUT2D eigenvalue weighted by molar-refractivity contribution is 5.98. The van der Waals surface area contributed by atoms with Crippen LogP contribution in [0, 0.1) is 6.92 Å². The zero-order valence-corrected chi connectivity index (χ0v) is 21.8. The van der Waals surface area contributed by atoms with E-state index in [-0.39, 0.29) is 36.4 Å². The first-order chi connectivity index (χ1) is 18.2. The fourth-order valence-electron chi connectivity index (χ4n) is 4.47. The number of methoxy groups -OCH3 is 1. The Morgan fingerprint density at radius 3 is 2.45 bits per heavy atom. The van der Waals surface area contributed by atoms with Gasteiger partial charge in [0.25, 0.3) is 11.5 Å². The number of hydrogen-bond donors (Lipinski definition) is 1. The molecule has 0 aliphatic carbocycles. The molecule has 0 unspecified atom stereocenters. The van der Waals surface area contributed by atoms with Crippen LogP contribution in [0.1, 0.15) is 40.9 Å². The summed E-state index contributed by atoms with van der Waals surface area (Å²) in [6.07, 6.45) is 0. The van der Waals surface area contributed by atoms with E-state index < -0.39 is 5.69 Å². The number of amides is 1. The molecule has 0 fully saturated rings. The molecule has 0 spiro atoms. The van der Waals surface area contributed by atoms with Crippen molar-refractivity contribution in [3.05, 3.63) is 110 Å². The molecule has 0 saturated carbocycles. The third-order valence-electron chi connectivity index (χ3n) is 6.39. The third kappa shape index (κ3) is 4.70. The van der Waals surface area contributed by atoms with Gasteiger partial charge in [-0.25, -0.2) is 13.9 Å². The lowest BCUT2D eigenvalue weighted by atomic mass is 10.1. The number of nitrogens with one attached hydrogen (secondary N) is 1. The Morgan fingerprint density at radius 1 is 0.974 bits per heavy atom. The summed E-state index contributed by atoms with van der Waals surface area (Å²) < 4.78 is 9.56. The maximum absolute atomic E-state index is 13.7. The topological polar surface area (TPSA) is 99.6 Å². The van der Waals surface area contributed by atoms with Gasteiger partial charge < -0.3 is 10.1 Å². The third-order valence-corrected chi connectivity index (χ3v) is 6.39. The molecular formula is C29H29N5O4. The van der Waals surface area contributed by atoms with E-state index in [4.69, 9.17) is 4.74 Å². The van der Waals surface area contributed by atoms with E-state index in [0.717, 1.165) is 16.7 Å². The van der Waals surface area contributed by atoms with E-state index in [9.17, 15) is 14.4 Å². The molecule has 194 valence electrons. The van der Waals surface area contributed by atoms with Gasteiger partial charge in [-0.15, -0.1) is 5.10 Å². The van der Waals surface area contributed by atoms with Gasteiger partial charge >= 0.3 is 5.69 Å². The van der Waals surface area contributed by atoms with E-state index in [1.807, 2.05) is 69.3 Å². The van der Waals surface area contributed by atoms with Crippen LogP contribution >= 0.6 is 0 Å². The lowest BCUT2D eigenvalue weighted by Gasteiger charge is -2.12. The Morgan fingerprint density at radius 2 is 1.74 bits per heavy atom. The Balaban J connectivity index is 1.74. The minimum absolute atomic E-state index is 0.0611. The predicted octanol–water partition coefficient (Wildman–Crippen LogP) is 3.36. The first-order valence-electron chi connectivity index (χ1n) is 12.4. The number of ether oxygens (including phenoxy) is 1. The van der Waals surface area contributed by atoms with Crippen molar-refractivity contribution in [2.24, 2.45) is 0 Å². The molecule has 2 heterocycles. The first kappa shape index (κ1) is 25.0. The predicted molar refractivity (Wildman–Crippen MR) is 146 cm³/mol. The highest BCUT2D eigenvalue weighted by atomic mass is 16.5. The summed E-state index contributed by atoms with van der Waals surface area (Å²) in [6.45, 7) is 6.16. The van der Waals surface area contributed by atoms with Crippen molar-refractivity contribution in [3.63, 3.8) is 0 Å². The molecule has 1 amide bonds. The summed E-state index contributed by atoms with van der Waals surface area (Å²) in [5.41, 5.74) is 2.83. The van der Waals surface area contributed by atoms with Gasteiger partial charge in [-0.3, -0.25) is 14.2 Å². The van der Waals surface area contributed by atoms with Crippen molar-refractivity contribution in [3.8, 4) is 5.75 Å². The number of benzene rings is 3. The number of rotatable bonds is 7. The van der Waals surface area contributed by atoms with E-state index in [1.54, 1.807) is 25.3 Å². The lowest BCUT2D eigenvalue weighted by molar-refractivity contribution is 0.0943. The Labute approximate surface area is 218 Å². The molecular weight excluding hydrogens is 482 g/mol. The van der Waals surface area contributed by atoms with Crippen LogP contribution in [0.3, 0.4) is 0 Å². The van der Waals surface area contributed by atoms with Gasteiger partial charge in [0.2, 0.25) is 5.78 Å². The van der Waals surface area contributed by atoms with Gasteiger partial charge in [-0.05, 0) is 62.2 Å². The van der Waals surface area contributed by atoms with Crippen molar-refractivity contribution >= 4 is 22.6 Å². The number of nitrogens with zero attached hydrogens (tertiary/aromatic N) is 4. The zero-order valence-electron chi connectivity index (χ0n) is 21.8. The fourth-order valence-corrected chi connectivity index (χ4v) is 4.47. The Hall–Kier alpha value is -4.66. The Kier molecular flexibility index (Phi) is 6.59. The standard InChI is InChI=1S/C29H29N5O4/c1-18(2)30-26(35)22-12-13-24-25(15-22)34-28(32(27(24)36)16-20-10-8-19(3)9-11-20)31-33(29(34)37)17-21-6-5-7-23(14-21)38-4/h5-15,18H,16-17H2,1-4H3,(H,30,35). The molecule has 3 aromatic carbocycles. The molecule has 0 bridgehead atoms. The van der Waals surface area contributed by atoms with Gasteiger partial charge in [0.05, 0.1) is 31.1 Å². The van der Waals surface area contributed by atoms with E-state index in [1.165, 1.54) is 13.6 Å². The number of carbonyl (C=O) groups excluding carboxylic acids is 1. The van der Waals surface area contributed by atoms with Crippen LogP contribution in [-0.2, 0) is 13.1 Å². The summed E-state index contributed by atoms with van der Waals surface area (Å²) in [6, 6.07) is 20.0. The largest absolute Gasteiger partial charge is 0.497 e. The quantitative estimate of drug-likeness (QED) is 0.361. The smallest absolute Gasteiger partial charge is 0.352 e. The summed E-state index contributed by atoms with van der Waals surface area (Å²) >= 11 is 0. The molecule has 0 atom stereocenters. The van der Waals surface area contributed by atoms with Crippen molar-refractivity contribution in [2.75, 3.05) is 7.11 Å². The van der Waals surface area contributed by atoms with Crippen LogP contribution in [0.15, 0.2) is 76.3 Å². The number of aryl methyl sites for hydroxylation is 1. The normalized spacial score (nSPS) is 11.4. The monoisotopic (exact) mass is 511 g/mol. The first-order valence-corrected chi connectivity index (χ1v) is 12.4. The highest BCUT2D eigenvalue weighted by Crippen LogP contribution is 2.17. The summed E-state index contributed by atoms with van der Waals surface area (Å²) in [7, 11) is 1.58. The second-order valence-corrected chi connectivity index (χ2v) is 9.66. The average Bonchev–Trinajstić information content (AvgIpc) is 3.22. The van der Waals surface area contributed by atoms with Gasteiger partial charge in [0.15, 0.2) is 0 Å². The van der Waals surface area contributed by atoms with Gasteiger partial charge in [0, 0.05) is 11.6 Å². The lowest BCUT2D eigenvalue weighted by Crippen LogP contribution is -2.30. The number of hydrogen-bond acceptors (Lipinski definition) is 5. The molecule has 38 heavy (non-hydrogen) atoms. The van der Waals surface area contributed by atoms with Crippen LogP contribution in [0.2, 0.25) is 0 Å². The molecule has 0 radical (unpaired) electrons. The highest BCUT2D eigenvalue weighted by Gasteiger charge is 2.20.